The van der Waals surface area contributed by atoms with Crippen molar-refractivity contribution in [2.45, 2.75) is 13.8 Å². The number of hydrogen-bond donors (Lipinski definition) is 0. The van der Waals surface area contributed by atoms with Gasteiger partial charge in [-0.3, -0.25) is 4.79 Å². The van der Waals surface area contributed by atoms with Crippen LogP contribution >= 0.6 is 0 Å². The van der Waals surface area contributed by atoms with Crippen LogP contribution in [-0.4, -0.2) is 61.2 Å². The molecule has 0 saturated carbocycles. The van der Waals surface area contributed by atoms with Crippen molar-refractivity contribution in [3.8, 4) is 16.9 Å². The zero-order chi connectivity index (χ0) is 19.9. The highest BCUT2D eigenvalue weighted by Gasteiger charge is 2.25. The fraction of sp³-hybridized carbons (Fsp3) is 0.364. The molecule has 0 unspecified atom stereocenters. The number of benzene rings is 2. The first-order valence-corrected chi connectivity index (χ1v) is 9.66. The van der Waals surface area contributed by atoms with E-state index in [9.17, 15) is 9.59 Å². The summed E-state index contributed by atoms with van der Waals surface area (Å²) in [7, 11) is 0. The minimum absolute atomic E-state index is 0.0219. The lowest BCUT2D eigenvalue weighted by atomic mass is 10.0. The molecule has 3 rings (SSSR count). The largest absolute Gasteiger partial charge is 0.494 e. The molecule has 0 bridgehead atoms. The molecule has 1 fully saturated rings. The summed E-state index contributed by atoms with van der Waals surface area (Å²) < 4.78 is 10.6. The van der Waals surface area contributed by atoms with Crippen molar-refractivity contribution in [3.63, 3.8) is 0 Å². The molecule has 2 amide bonds. The lowest BCUT2D eigenvalue weighted by Crippen LogP contribution is -2.50. The molecule has 0 atom stereocenters. The molecule has 1 aliphatic rings. The first kappa shape index (κ1) is 19.7. The molecular weight excluding hydrogens is 356 g/mol. The Hall–Kier alpha value is -3.02. The third kappa shape index (κ3) is 4.63. The molecule has 2 aromatic rings. The lowest BCUT2D eigenvalue weighted by Gasteiger charge is -2.34. The average molecular weight is 382 g/mol. The quantitative estimate of drug-likeness (QED) is 0.792. The molecule has 6 nitrogen and oxygen atoms in total. The van der Waals surface area contributed by atoms with E-state index in [4.69, 9.17) is 9.47 Å². The van der Waals surface area contributed by atoms with Gasteiger partial charge in [0.05, 0.1) is 13.2 Å². The summed E-state index contributed by atoms with van der Waals surface area (Å²) >= 11 is 0. The van der Waals surface area contributed by atoms with E-state index in [0.717, 1.165) is 16.9 Å². The SMILES string of the molecule is CCOC(=O)N1CCN(C(=O)c2cccc(-c3cccc(OCC)c3)c2)CC1. The van der Waals surface area contributed by atoms with Gasteiger partial charge >= 0.3 is 6.09 Å². The Kier molecular flexibility index (Phi) is 6.53. The van der Waals surface area contributed by atoms with Gasteiger partial charge in [0.15, 0.2) is 0 Å². The van der Waals surface area contributed by atoms with Gasteiger partial charge in [-0.05, 0) is 49.2 Å². The van der Waals surface area contributed by atoms with Gasteiger partial charge < -0.3 is 19.3 Å². The maximum absolute atomic E-state index is 12.9. The van der Waals surface area contributed by atoms with Crippen molar-refractivity contribution in [1.29, 1.82) is 0 Å². The molecule has 1 saturated heterocycles. The van der Waals surface area contributed by atoms with Crippen molar-refractivity contribution >= 4 is 12.0 Å². The van der Waals surface area contributed by atoms with Gasteiger partial charge in [0.2, 0.25) is 0 Å². The van der Waals surface area contributed by atoms with Crippen molar-refractivity contribution < 1.29 is 19.1 Å². The molecule has 1 aliphatic heterocycles. The second-order valence-electron chi connectivity index (χ2n) is 6.52. The maximum atomic E-state index is 12.9. The van der Waals surface area contributed by atoms with E-state index in [-0.39, 0.29) is 12.0 Å². The third-order valence-corrected chi connectivity index (χ3v) is 4.68. The number of amides is 2. The van der Waals surface area contributed by atoms with Crippen molar-refractivity contribution in [2.24, 2.45) is 0 Å². The highest BCUT2D eigenvalue weighted by atomic mass is 16.6. The summed E-state index contributed by atoms with van der Waals surface area (Å²) in [5.74, 6) is 0.790. The van der Waals surface area contributed by atoms with E-state index in [1.807, 2.05) is 55.5 Å². The molecule has 0 spiro atoms. The van der Waals surface area contributed by atoms with Gasteiger partial charge in [-0.1, -0.05) is 24.3 Å². The van der Waals surface area contributed by atoms with Gasteiger partial charge in [0.25, 0.3) is 5.91 Å². The second-order valence-corrected chi connectivity index (χ2v) is 6.52. The van der Waals surface area contributed by atoms with Crippen LogP contribution in [0.3, 0.4) is 0 Å². The normalized spacial score (nSPS) is 13.9. The number of carbonyl (C=O) groups is 2. The highest BCUT2D eigenvalue weighted by molar-refractivity contribution is 5.95. The van der Waals surface area contributed by atoms with Crippen LogP contribution in [0.15, 0.2) is 48.5 Å². The topological polar surface area (TPSA) is 59.1 Å². The smallest absolute Gasteiger partial charge is 0.409 e. The first-order valence-electron chi connectivity index (χ1n) is 9.66. The van der Waals surface area contributed by atoms with Crippen LogP contribution in [0.4, 0.5) is 4.79 Å². The zero-order valence-corrected chi connectivity index (χ0v) is 16.4. The summed E-state index contributed by atoms with van der Waals surface area (Å²) in [5.41, 5.74) is 2.62. The molecule has 2 aromatic carbocycles. The van der Waals surface area contributed by atoms with Crippen molar-refractivity contribution in [2.75, 3.05) is 39.4 Å². The standard InChI is InChI=1S/C22H26N2O4/c1-3-27-20-10-6-8-18(16-20)17-7-5-9-19(15-17)21(25)23-11-13-24(14-12-23)22(26)28-4-2/h5-10,15-16H,3-4,11-14H2,1-2H3. The van der Waals surface area contributed by atoms with E-state index in [1.165, 1.54) is 0 Å². The number of hydrogen-bond acceptors (Lipinski definition) is 4. The molecule has 0 aliphatic carbocycles. The minimum Gasteiger partial charge on any atom is -0.494 e. The Morgan fingerprint density at radius 1 is 0.857 bits per heavy atom. The molecule has 0 N–H and O–H groups in total. The summed E-state index contributed by atoms with van der Waals surface area (Å²) in [6, 6.07) is 15.5. The van der Waals surface area contributed by atoms with Crippen LogP contribution in [0.5, 0.6) is 5.75 Å². The molecular formula is C22H26N2O4. The predicted molar refractivity (Wildman–Crippen MR) is 108 cm³/mol. The van der Waals surface area contributed by atoms with Crippen LogP contribution in [-0.2, 0) is 4.74 Å². The first-order chi connectivity index (χ1) is 13.6. The molecule has 1 heterocycles. The lowest BCUT2D eigenvalue weighted by molar-refractivity contribution is 0.0570. The number of piperazine rings is 1. The van der Waals surface area contributed by atoms with E-state index in [0.29, 0.717) is 45.0 Å². The third-order valence-electron chi connectivity index (χ3n) is 4.68. The van der Waals surface area contributed by atoms with Crippen LogP contribution in [0.1, 0.15) is 24.2 Å². The van der Waals surface area contributed by atoms with Gasteiger partial charge in [-0.25, -0.2) is 4.79 Å². The summed E-state index contributed by atoms with van der Waals surface area (Å²) in [6.07, 6.45) is -0.314. The number of rotatable bonds is 5. The van der Waals surface area contributed by atoms with Gasteiger partial charge in [0.1, 0.15) is 5.75 Å². The van der Waals surface area contributed by atoms with Crippen molar-refractivity contribution in [1.82, 2.24) is 9.80 Å². The zero-order valence-electron chi connectivity index (χ0n) is 16.4. The Morgan fingerprint density at radius 3 is 2.18 bits per heavy atom. The Balaban J connectivity index is 1.70. The van der Waals surface area contributed by atoms with E-state index in [2.05, 4.69) is 0 Å². The monoisotopic (exact) mass is 382 g/mol. The van der Waals surface area contributed by atoms with E-state index in [1.54, 1.807) is 16.7 Å². The minimum atomic E-state index is -0.314. The highest BCUT2D eigenvalue weighted by Crippen LogP contribution is 2.25. The Bertz CT molecular complexity index is 829. The average Bonchev–Trinajstić information content (AvgIpc) is 2.74. The van der Waals surface area contributed by atoms with Crippen molar-refractivity contribution in [3.05, 3.63) is 54.1 Å². The molecule has 0 aromatic heterocycles. The predicted octanol–water partition coefficient (Wildman–Crippen LogP) is 3.67. The molecule has 28 heavy (non-hydrogen) atoms. The summed E-state index contributed by atoms with van der Waals surface area (Å²) in [4.78, 5) is 28.2. The van der Waals surface area contributed by atoms with Gasteiger partial charge in [-0.15, -0.1) is 0 Å². The van der Waals surface area contributed by atoms with E-state index >= 15 is 0 Å². The fourth-order valence-electron chi connectivity index (χ4n) is 3.25. The molecule has 148 valence electrons. The molecule has 6 heteroatoms. The maximum Gasteiger partial charge on any atom is 0.409 e. The Morgan fingerprint density at radius 2 is 1.50 bits per heavy atom. The number of carbonyl (C=O) groups excluding carboxylic acids is 2. The Labute approximate surface area is 165 Å². The van der Waals surface area contributed by atoms with Crippen LogP contribution in [0.2, 0.25) is 0 Å². The summed E-state index contributed by atoms with van der Waals surface area (Å²) in [6.45, 7) is 6.68. The van der Waals surface area contributed by atoms with Crippen LogP contribution in [0, 0.1) is 0 Å². The second kappa shape index (κ2) is 9.26. The number of nitrogens with zero attached hydrogens (tertiary/aromatic N) is 2. The van der Waals surface area contributed by atoms with Gasteiger partial charge in [-0.2, -0.15) is 0 Å². The van der Waals surface area contributed by atoms with E-state index < -0.39 is 0 Å². The molecule has 0 radical (unpaired) electrons. The van der Waals surface area contributed by atoms with Gasteiger partial charge in [0, 0.05) is 31.7 Å². The van der Waals surface area contributed by atoms with Crippen LogP contribution < -0.4 is 4.74 Å². The summed E-state index contributed by atoms with van der Waals surface area (Å²) in [5, 5.41) is 0. The fourth-order valence-corrected chi connectivity index (χ4v) is 3.25. The van der Waals surface area contributed by atoms with Crippen LogP contribution in [0.25, 0.3) is 11.1 Å². The number of ether oxygens (including phenoxy) is 2.